The van der Waals surface area contributed by atoms with Crippen LogP contribution in [0, 0.1) is 5.92 Å². The lowest BCUT2D eigenvalue weighted by Crippen LogP contribution is -2.52. The maximum atomic E-state index is 3.65. The van der Waals surface area contributed by atoms with E-state index in [4.69, 9.17) is 0 Å². The number of hydrogen-bond acceptors (Lipinski definition) is 2. The molecule has 0 amide bonds. The van der Waals surface area contributed by atoms with Crippen molar-refractivity contribution >= 4 is 0 Å². The summed E-state index contributed by atoms with van der Waals surface area (Å²) in [5.74, 6) is 0.958. The molecule has 1 aromatic carbocycles. The molecular weight excluding hydrogens is 220 g/mol. The van der Waals surface area contributed by atoms with E-state index in [1.807, 2.05) is 0 Å². The Balaban J connectivity index is 1.64. The zero-order valence-electron chi connectivity index (χ0n) is 11.3. The summed E-state index contributed by atoms with van der Waals surface area (Å²) in [6.07, 6.45) is 4.34. The van der Waals surface area contributed by atoms with Crippen molar-refractivity contribution in [3.05, 3.63) is 35.9 Å². The van der Waals surface area contributed by atoms with Gasteiger partial charge >= 0.3 is 0 Å². The molecule has 0 radical (unpaired) electrons. The quantitative estimate of drug-likeness (QED) is 0.879. The van der Waals surface area contributed by atoms with Crippen LogP contribution in [0.4, 0.5) is 0 Å². The molecule has 2 atom stereocenters. The fraction of sp³-hybridized carbons (Fsp3) is 0.625. The highest BCUT2D eigenvalue weighted by atomic mass is 15.2. The number of nitrogens with zero attached hydrogens (tertiary/aromatic N) is 1. The molecule has 2 fully saturated rings. The van der Waals surface area contributed by atoms with Crippen LogP contribution in [0.5, 0.6) is 0 Å². The van der Waals surface area contributed by atoms with E-state index in [-0.39, 0.29) is 0 Å². The topological polar surface area (TPSA) is 15.3 Å². The van der Waals surface area contributed by atoms with Gasteiger partial charge in [-0.2, -0.15) is 0 Å². The van der Waals surface area contributed by atoms with Crippen LogP contribution in [0.15, 0.2) is 30.3 Å². The Kier molecular flexibility index (Phi) is 3.67. The minimum atomic E-state index is 0.516. The summed E-state index contributed by atoms with van der Waals surface area (Å²) in [6.45, 7) is 5.93. The summed E-state index contributed by atoms with van der Waals surface area (Å²) in [6, 6.07) is 12.2. The molecule has 1 aliphatic heterocycles. The van der Waals surface area contributed by atoms with E-state index in [0.717, 1.165) is 18.5 Å². The van der Waals surface area contributed by atoms with E-state index >= 15 is 0 Å². The van der Waals surface area contributed by atoms with Crippen LogP contribution in [-0.2, 0) is 0 Å². The third-order valence-electron chi connectivity index (χ3n) is 4.82. The SMILES string of the molecule is CC(C1CCC1)N1CCNC(c2ccccc2)C1. The summed E-state index contributed by atoms with van der Waals surface area (Å²) in [4.78, 5) is 2.69. The normalized spacial score (nSPS) is 27.7. The third-order valence-corrected chi connectivity index (χ3v) is 4.82. The number of nitrogens with one attached hydrogen (secondary N) is 1. The summed E-state index contributed by atoms with van der Waals surface area (Å²) in [7, 11) is 0. The van der Waals surface area contributed by atoms with Gasteiger partial charge in [-0.3, -0.25) is 4.90 Å². The van der Waals surface area contributed by atoms with Crippen molar-refractivity contribution in [3.8, 4) is 0 Å². The maximum absolute atomic E-state index is 3.65. The Morgan fingerprint density at radius 1 is 1.22 bits per heavy atom. The van der Waals surface area contributed by atoms with E-state index in [2.05, 4.69) is 47.5 Å². The molecule has 1 heterocycles. The Bertz CT molecular complexity index is 372. The lowest BCUT2D eigenvalue weighted by Gasteiger charge is -2.43. The van der Waals surface area contributed by atoms with Gasteiger partial charge in [0, 0.05) is 31.7 Å². The van der Waals surface area contributed by atoms with Crippen LogP contribution in [0.1, 0.15) is 37.8 Å². The van der Waals surface area contributed by atoms with Gasteiger partial charge in [0.2, 0.25) is 0 Å². The fourth-order valence-corrected chi connectivity index (χ4v) is 3.27. The first-order valence-electron chi connectivity index (χ1n) is 7.37. The Morgan fingerprint density at radius 2 is 2.00 bits per heavy atom. The lowest BCUT2D eigenvalue weighted by atomic mass is 9.79. The molecule has 2 heteroatoms. The second-order valence-corrected chi connectivity index (χ2v) is 5.84. The maximum Gasteiger partial charge on any atom is 0.0449 e. The summed E-state index contributed by atoms with van der Waals surface area (Å²) in [5, 5.41) is 3.65. The molecule has 1 aliphatic carbocycles. The molecule has 0 bridgehead atoms. The van der Waals surface area contributed by atoms with Gasteiger partial charge < -0.3 is 5.32 Å². The smallest absolute Gasteiger partial charge is 0.0449 e. The van der Waals surface area contributed by atoms with Crippen molar-refractivity contribution in [1.29, 1.82) is 0 Å². The molecule has 2 unspecified atom stereocenters. The average molecular weight is 244 g/mol. The van der Waals surface area contributed by atoms with E-state index in [1.165, 1.54) is 37.9 Å². The van der Waals surface area contributed by atoms with E-state index in [1.54, 1.807) is 0 Å². The second kappa shape index (κ2) is 5.41. The van der Waals surface area contributed by atoms with E-state index in [9.17, 15) is 0 Å². The van der Waals surface area contributed by atoms with Gasteiger partial charge in [0.1, 0.15) is 0 Å². The first-order chi connectivity index (χ1) is 8.84. The molecule has 3 rings (SSSR count). The molecule has 2 nitrogen and oxygen atoms in total. The lowest BCUT2D eigenvalue weighted by molar-refractivity contribution is 0.0798. The minimum absolute atomic E-state index is 0.516. The molecule has 1 N–H and O–H groups in total. The fourth-order valence-electron chi connectivity index (χ4n) is 3.27. The largest absolute Gasteiger partial charge is 0.308 e. The van der Waals surface area contributed by atoms with Crippen LogP contribution in [0.3, 0.4) is 0 Å². The molecular formula is C16H24N2. The van der Waals surface area contributed by atoms with Crippen LogP contribution in [0.2, 0.25) is 0 Å². The Labute approximate surface area is 110 Å². The highest BCUT2D eigenvalue weighted by molar-refractivity contribution is 5.19. The van der Waals surface area contributed by atoms with Gasteiger partial charge in [-0.1, -0.05) is 36.8 Å². The highest BCUT2D eigenvalue weighted by Gasteiger charge is 2.31. The predicted octanol–water partition coefficient (Wildman–Crippen LogP) is 2.82. The van der Waals surface area contributed by atoms with Crippen LogP contribution in [0.25, 0.3) is 0 Å². The zero-order valence-corrected chi connectivity index (χ0v) is 11.3. The van der Waals surface area contributed by atoms with Gasteiger partial charge in [0.15, 0.2) is 0 Å². The van der Waals surface area contributed by atoms with Crippen molar-refractivity contribution in [2.24, 2.45) is 5.92 Å². The average Bonchev–Trinajstić information content (AvgIpc) is 2.38. The van der Waals surface area contributed by atoms with Gasteiger partial charge in [0.25, 0.3) is 0 Å². The van der Waals surface area contributed by atoms with Gasteiger partial charge in [-0.05, 0) is 31.2 Å². The summed E-state index contributed by atoms with van der Waals surface area (Å²) >= 11 is 0. The minimum Gasteiger partial charge on any atom is -0.308 e. The van der Waals surface area contributed by atoms with E-state index in [0.29, 0.717) is 6.04 Å². The number of rotatable bonds is 3. The predicted molar refractivity (Wildman–Crippen MR) is 75.6 cm³/mol. The van der Waals surface area contributed by atoms with Crippen LogP contribution < -0.4 is 5.32 Å². The first kappa shape index (κ1) is 12.2. The van der Waals surface area contributed by atoms with E-state index < -0.39 is 0 Å². The molecule has 0 spiro atoms. The molecule has 0 aromatic heterocycles. The van der Waals surface area contributed by atoms with Gasteiger partial charge in [-0.15, -0.1) is 0 Å². The van der Waals surface area contributed by atoms with Crippen molar-refractivity contribution < 1.29 is 0 Å². The molecule has 2 aliphatic rings. The number of benzene rings is 1. The van der Waals surface area contributed by atoms with Gasteiger partial charge in [-0.25, -0.2) is 0 Å². The van der Waals surface area contributed by atoms with Crippen LogP contribution >= 0.6 is 0 Å². The number of hydrogen-bond donors (Lipinski definition) is 1. The highest BCUT2D eigenvalue weighted by Crippen LogP contribution is 2.33. The number of piperazine rings is 1. The summed E-state index contributed by atoms with van der Waals surface area (Å²) < 4.78 is 0. The molecule has 1 aromatic rings. The monoisotopic (exact) mass is 244 g/mol. The standard InChI is InChI=1S/C16H24N2/c1-13(14-8-5-9-14)18-11-10-17-16(12-18)15-6-3-2-4-7-15/h2-4,6-7,13-14,16-17H,5,8-12H2,1H3. The molecule has 1 saturated carbocycles. The van der Waals surface area contributed by atoms with Crippen molar-refractivity contribution in [2.45, 2.75) is 38.3 Å². The molecule has 98 valence electrons. The molecule has 1 saturated heterocycles. The Morgan fingerprint density at radius 3 is 2.67 bits per heavy atom. The first-order valence-corrected chi connectivity index (χ1v) is 7.37. The Hall–Kier alpha value is -0.860. The van der Waals surface area contributed by atoms with Crippen molar-refractivity contribution in [1.82, 2.24) is 10.2 Å². The van der Waals surface area contributed by atoms with Crippen molar-refractivity contribution in [3.63, 3.8) is 0 Å². The second-order valence-electron chi connectivity index (χ2n) is 5.84. The molecule has 18 heavy (non-hydrogen) atoms. The van der Waals surface area contributed by atoms with Gasteiger partial charge in [0.05, 0.1) is 0 Å². The third kappa shape index (κ3) is 2.45. The van der Waals surface area contributed by atoms with Crippen LogP contribution in [-0.4, -0.2) is 30.6 Å². The zero-order chi connectivity index (χ0) is 12.4. The summed E-state index contributed by atoms with van der Waals surface area (Å²) in [5.41, 5.74) is 1.43. The van der Waals surface area contributed by atoms with Crippen molar-refractivity contribution in [2.75, 3.05) is 19.6 Å².